The summed E-state index contributed by atoms with van der Waals surface area (Å²) < 4.78 is 13.9. The zero-order valence-electron chi connectivity index (χ0n) is 11.9. The van der Waals surface area contributed by atoms with E-state index in [0.29, 0.717) is 6.54 Å². The van der Waals surface area contributed by atoms with Crippen LogP contribution in [0.5, 0.6) is 0 Å². The van der Waals surface area contributed by atoms with Crippen LogP contribution in [-0.2, 0) is 6.54 Å². The van der Waals surface area contributed by atoms with E-state index in [9.17, 15) is 4.39 Å². The number of rotatable bonds is 2. The topological polar surface area (TPSA) is 15.3 Å². The van der Waals surface area contributed by atoms with Crippen molar-refractivity contribution in [3.63, 3.8) is 0 Å². The van der Waals surface area contributed by atoms with Gasteiger partial charge in [0.2, 0.25) is 0 Å². The van der Waals surface area contributed by atoms with E-state index in [0.717, 1.165) is 23.5 Å². The molecule has 0 aliphatic carbocycles. The van der Waals surface area contributed by atoms with Crippen LogP contribution < -0.4 is 10.2 Å². The van der Waals surface area contributed by atoms with Gasteiger partial charge in [0.15, 0.2) is 0 Å². The first kappa shape index (κ1) is 13.0. The molecular weight excluding hydrogens is 251 g/mol. The molecule has 0 saturated heterocycles. The van der Waals surface area contributed by atoms with E-state index < -0.39 is 0 Å². The number of fused-ring (bicyclic) bond motifs is 1. The Balaban J connectivity index is 1.95. The van der Waals surface area contributed by atoms with Crippen molar-refractivity contribution in [2.75, 3.05) is 16.8 Å². The Labute approximate surface area is 119 Å². The van der Waals surface area contributed by atoms with Gasteiger partial charge in [0.05, 0.1) is 11.4 Å². The maximum Gasteiger partial charge on any atom is 0.128 e. The summed E-state index contributed by atoms with van der Waals surface area (Å²) in [6, 6.07) is 15.2. The number of benzene rings is 2. The second-order valence-electron chi connectivity index (χ2n) is 5.97. The van der Waals surface area contributed by atoms with Crippen molar-refractivity contribution in [1.82, 2.24) is 0 Å². The molecule has 3 rings (SSSR count). The average molecular weight is 270 g/mol. The Morgan fingerprint density at radius 1 is 1.10 bits per heavy atom. The second-order valence-corrected chi connectivity index (χ2v) is 5.97. The maximum atomic E-state index is 13.9. The van der Waals surface area contributed by atoms with Gasteiger partial charge in [-0.15, -0.1) is 0 Å². The van der Waals surface area contributed by atoms with Crippen LogP contribution in [0.15, 0.2) is 48.5 Å². The van der Waals surface area contributed by atoms with Gasteiger partial charge in [-0.05, 0) is 32.0 Å². The van der Waals surface area contributed by atoms with Gasteiger partial charge in [-0.1, -0.05) is 30.3 Å². The number of anilines is 2. The smallest absolute Gasteiger partial charge is 0.128 e. The molecule has 2 nitrogen and oxygen atoms in total. The van der Waals surface area contributed by atoms with Crippen molar-refractivity contribution in [3.05, 3.63) is 59.9 Å². The van der Waals surface area contributed by atoms with Gasteiger partial charge < -0.3 is 10.2 Å². The van der Waals surface area contributed by atoms with Crippen LogP contribution in [0.25, 0.3) is 0 Å². The number of halogens is 1. The molecule has 20 heavy (non-hydrogen) atoms. The summed E-state index contributed by atoms with van der Waals surface area (Å²) in [4.78, 5) is 2.24. The Hall–Kier alpha value is -2.03. The standard InChI is InChI=1S/C17H19FN2/c1-17(2)12-20(11-13-7-3-4-8-14(13)18)16-10-6-5-9-15(16)19-17/h3-10,19H,11-12H2,1-2H3. The molecule has 1 heterocycles. The van der Waals surface area contributed by atoms with Crippen molar-refractivity contribution < 1.29 is 4.39 Å². The van der Waals surface area contributed by atoms with Crippen molar-refractivity contribution >= 4 is 11.4 Å². The van der Waals surface area contributed by atoms with Gasteiger partial charge in [-0.2, -0.15) is 0 Å². The highest BCUT2D eigenvalue weighted by atomic mass is 19.1. The third-order valence-electron chi connectivity index (χ3n) is 3.62. The van der Waals surface area contributed by atoms with Crippen LogP contribution in [0.4, 0.5) is 15.8 Å². The summed E-state index contributed by atoms with van der Waals surface area (Å²) in [5, 5.41) is 3.53. The fourth-order valence-electron chi connectivity index (χ4n) is 2.79. The van der Waals surface area contributed by atoms with Crippen molar-refractivity contribution in [1.29, 1.82) is 0 Å². The quantitative estimate of drug-likeness (QED) is 0.886. The lowest BCUT2D eigenvalue weighted by atomic mass is 9.98. The summed E-state index contributed by atoms with van der Waals surface area (Å²) in [6.45, 7) is 5.77. The van der Waals surface area contributed by atoms with E-state index in [2.05, 4.69) is 36.2 Å². The molecule has 1 aliphatic rings. The van der Waals surface area contributed by atoms with Crippen LogP contribution >= 0.6 is 0 Å². The number of nitrogens with one attached hydrogen (secondary N) is 1. The van der Waals surface area contributed by atoms with Crippen molar-refractivity contribution in [2.24, 2.45) is 0 Å². The molecule has 0 unspecified atom stereocenters. The maximum absolute atomic E-state index is 13.9. The summed E-state index contributed by atoms with van der Waals surface area (Å²) >= 11 is 0. The van der Waals surface area contributed by atoms with E-state index in [1.807, 2.05) is 24.3 Å². The summed E-state index contributed by atoms with van der Waals surface area (Å²) in [6.07, 6.45) is 0. The molecule has 2 aromatic rings. The summed E-state index contributed by atoms with van der Waals surface area (Å²) in [5.74, 6) is -0.138. The Morgan fingerprint density at radius 3 is 2.60 bits per heavy atom. The Bertz CT molecular complexity index is 622. The SMILES string of the molecule is CC1(C)CN(Cc2ccccc2F)c2ccccc2N1. The largest absolute Gasteiger partial charge is 0.377 e. The number of hydrogen-bond donors (Lipinski definition) is 1. The molecule has 1 N–H and O–H groups in total. The summed E-state index contributed by atoms with van der Waals surface area (Å²) in [5.41, 5.74) is 2.95. The van der Waals surface area contributed by atoms with Crippen LogP contribution in [-0.4, -0.2) is 12.1 Å². The number of nitrogens with zero attached hydrogens (tertiary/aromatic N) is 1. The Morgan fingerprint density at radius 2 is 1.80 bits per heavy atom. The zero-order valence-corrected chi connectivity index (χ0v) is 11.9. The molecule has 0 aromatic heterocycles. The molecule has 3 heteroatoms. The molecule has 0 bridgehead atoms. The van der Waals surface area contributed by atoms with Gasteiger partial charge in [0.25, 0.3) is 0 Å². The van der Waals surface area contributed by atoms with Crippen LogP contribution in [0, 0.1) is 5.82 Å². The average Bonchev–Trinajstić information content (AvgIpc) is 2.40. The lowest BCUT2D eigenvalue weighted by Crippen LogP contribution is -2.48. The normalized spacial score (nSPS) is 16.4. The minimum Gasteiger partial charge on any atom is -0.377 e. The molecule has 0 spiro atoms. The summed E-state index contributed by atoms with van der Waals surface area (Å²) in [7, 11) is 0. The number of hydrogen-bond acceptors (Lipinski definition) is 2. The molecule has 2 aromatic carbocycles. The predicted octanol–water partition coefficient (Wildman–Crippen LogP) is 4.04. The lowest BCUT2D eigenvalue weighted by Gasteiger charge is -2.42. The monoisotopic (exact) mass is 270 g/mol. The highest BCUT2D eigenvalue weighted by Crippen LogP contribution is 2.35. The van der Waals surface area contributed by atoms with Gasteiger partial charge in [0, 0.05) is 24.2 Å². The molecule has 0 fully saturated rings. The number of para-hydroxylation sites is 2. The lowest BCUT2D eigenvalue weighted by molar-refractivity contribution is 0.523. The highest BCUT2D eigenvalue weighted by molar-refractivity contribution is 5.73. The van der Waals surface area contributed by atoms with Gasteiger partial charge >= 0.3 is 0 Å². The molecular formula is C17H19FN2. The van der Waals surface area contributed by atoms with Gasteiger partial charge in [0.1, 0.15) is 5.82 Å². The molecule has 1 aliphatic heterocycles. The third-order valence-corrected chi connectivity index (χ3v) is 3.62. The van der Waals surface area contributed by atoms with E-state index >= 15 is 0 Å². The van der Waals surface area contributed by atoms with E-state index in [4.69, 9.17) is 0 Å². The first-order valence-corrected chi connectivity index (χ1v) is 6.91. The van der Waals surface area contributed by atoms with Crippen molar-refractivity contribution in [2.45, 2.75) is 25.9 Å². The molecule has 0 saturated carbocycles. The molecule has 0 atom stereocenters. The minimum atomic E-state index is -0.138. The van der Waals surface area contributed by atoms with E-state index in [1.54, 1.807) is 6.07 Å². The molecule has 0 radical (unpaired) electrons. The minimum absolute atomic E-state index is 0.0282. The zero-order chi connectivity index (χ0) is 14.2. The Kier molecular flexibility index (Phi) is 3.13. The van der Waals surface area contributed by atoms with Gasteiger partial charge in [-0.3, -0.25) is 0 Å². The van der Waals surface area contributed by atoms with Gasteiger partial charge in [-0.25, -0.2) is 4.39 Å². The first-order valence-electron chi connectivity index (χ1n) is 6.91. The third kappa shape index (κ3) is 2.48. The van der Waals surface area contributed by atoms with E-state index in [-0.39, 0.29) is 11.4 Å². The van der Waals surface area contributed by atoms with Crippen LogP contribution in [0.1, 0.15) is 19.4 Å². The first-order chi connectivity index (χ1) is 9.55. The van der Waals surface area contributed by atoms with E-state index in [1.165, 1.54) is 6.07 Å². The predicted molar refractivity (Wildman–Crippen MR) is 81.6 cm³/mol. The highest BCUT2D eigenvalue weighted by Gasteiger charge is 2.29. The van der Waals surface area contributed by atoms with Crippen molar-refractivity contribution in [3.8, 4) is 0 Å². The fraction of sp³-hybridized carbons (Fsp3) is 0.294. The molecule has 104 valence electrons. The fourth-order valence-corrected chi connectivity index (χ4v) is 2.79. The molecule has 0 amide bonds. The second kappa shape index (κ2) is 4.82. The van der Waals surface area contributed by atoms with Crippen LogP contribution in [0.3, 0.4) is 0 Å². The van der Waals surface area contributed by atoms with Crippen LogP contribution in [0.2, 0.25) is 0 Å².